The first-order valence-corrected chi connectivity index (χ1v) is 7.14. The first-order chi connectivity index (χ1) is 9.77. The lowest BCUT2D eigenvalue weighted by molar-refractivity contribution is -0.140. The quantitative estimate of drug-likeness (QED) is 0.898. The maximum Gasteiger partial charge on any atom is 0.319 e. The van der Waals surface area contributed by atoms with Crippen LogP contribution < -0.4 is 10.6 Å². The van der Waals surface area contributed by atoms with Crippen LogP contribution in [0, 0.1) is 24.1 Å². The van der Waals surface area contributed by atoms with Crippen molar-refractivity contribution >= 4 is 11.7 Å². The standard InChI is InChI=1S/C16H23FN2O2/c1-9-8-11(6-7-12(9)17)18-15(20)19-13-10(2)14(21-5)16(13,3)4/h6-8,10,13-14H,1-5H3,(H2,18,19,20)/t10-,13+,14+/m0/s1. The third-order valence-electron chi connectivity index (χ3n) is 4.49. The number of carbonyl (C=O) groups is 1. The Balaban J connectivity index is 1.98. The van der Waals surface area contributed by atoms with Crippen molar-refractivity contribution in [3.63, 3.8) is 0 Å². The molecular weight excluding hydrogens is 271 g/mol. The molecule has 0 spiro atoms. The maximum atomic E-state index is 13.2. The summed E-state index contributed by atoms with van der Waals surface area (Å²) >= 11 is 0. The third kappa shape index (κ3) is 2.88. The van der Waals surface area contributed by atoms with Crippen LogP contribution in [0.5, 0.6) is 0 Å². The number of carbonyl (C=O) groups excluding carboxylic acids is 1. The van der Waals surface area contributed by atoms with Gasteiger partial charge in [0.25, 0.3) is 0 Å². The zero-order chi connectivity index (χ0) is 15.8. The van der Waals surface area contributed by atoms with Gasteiger partial charge < -0.3 is 15.4 Å². The highest BCUT2D eigenvalue weighted by Crippen LogP contribution is 2.46. The minimum absolute atomic E-state index is 0.0454. The molecule has 5 heteroatoms. The Morgan fingerprint density at radius 1 is 1.38 bits per heavy atom. The lowest BCUT2D eigenvalue weighted by Gasteiger charge is -2.56. The van der Waals surface area contributed by atoms with E-state index in [-0.39, 0.29) is 35.3 Å². The number of hydrogen-bond donors (Lipinski definition) is 2. The van der Waals surface area contributed by atoms with Gasteiger partial charge >= 0.3 is 6.03 Å². The van der Waals surface area contributed by atoms with Crippen molar-refractivity contribution in [2.75, 3.05) is 12.4 Å². The number of methoxy groups -OCH3 is 1. The summed E-state index contributed by atoms with van der Waals surface area (Å²) in [7, 11) is 1.69. The van der Waals surface area contributed by atoms with E-state index < -0.39 is 0 Å². The lowest BCUT2D eigenvalue weighted by Crippen LogP contribution is -2.68. The van der Waals surface area contributed by atoms with Gasteiger partial charge in [-0.2, -0.15) is 0 Å². The summed E-state index contributed by atoms with van der Waals surface area (Å²) < 4.78 is 18.7. The average Bonchev–Trinajstić information content (AvgIpc) is 2.40. The lowest BCUT2D eigenvalue weighted by atomic mass is 9.58. The van der Waals surface area contributed by atoms with Crippen molar-refractivity contribution in [3.05, 3.63) is 29.6 Å². The molecule has 2 N–H and O–H groups in total. The number of hydrogen-bond acceptors (Lipinski definition) is 2. The molecule has 1 aliphatic carbocycles. The SMILES string of the molecule is CO[C@@H]1[C@@H](C)[C@@H](NC(=O)Nc2ccc(F)c(C)c2)C1(C)C. The number of benzene rings is 1. The van der Waals surface area contributed by atoms with E-state index in [9.17, 15) is 9.18 Å². The average molecular weight is 294 g/mol. The Kier molecular flexibility index (Phi) is 4.23. The molecule has 0 unspecified atom stereocenters. The molecule has 1 saturated carbocycles. The minimum atomic E-state index is -0.280. The fraction of sp³-hybridized carbons (Fsp3) is 0.562. The van der Waals surface area contributed by atoms with E-state index >= 15 is 0 Å². The second-order valence-electron chi connectivity index (χ2n) is 6.38. The van der Waals surface area contributed by atoms with E-state index in [0.29, 0.717) is 11.3 Å². The highest BCUT2D eigenvalue weighted by Gasteiger charge is 2.55. The van der Waals surface area contributed by atoms with Gasteiger partial charge in [0, 0.05) is 30.2 Å². The smallest absolute Gasteiger partial charge is 0.319 e. The molecule has 0 saturated heterocycles. The van der Waals surface area contributed by atoms with Crippen LogP contribution in [0.4, 0.5) is 14.9 Å². The summed E-state index contributed by atoms with van der Waals surface area (Å²) in [4.78, 5) is 12.1. The minimum Gasteiger partial charge on any atom is -0.380 e. The van der Waals surface area contributed by atoms with E-state index in [2.05, 4.69) is 31.4 Å². The van der Waals surface area contributed by atoms with Crippen molar-refractivity contribution in [3.8, 4) is 0 Å². The van der Waals surface area contributed by atoms with Gasteiger partial charge in [0.15, 0.2) is 0 Å². The number of anilines is 1. The summed E-state index contributed by atoms with van der Waals surface area (Å²) in [6.07, 6.45) is 0.135. The van der Waals surface area contributed by atoms with Gasteiger partial charge in [0.05, 0.1) is 6.10 Å². The Morgan fingerprint density at radius 3 is 2.57 bits per heavy atom. The highest BCUT2D eigenvalue weighted by atomic mass is 19.1. The molecular formula is C16H23FN2O2. The van der Waals surface area contributed by atoms with Gasteiger partial charge in [-0.15, -0.1) is 0 Å². The summed E-state index contributed by atoms with van der Waals surface area (Å²) in [6.45, 7) is 7.88. The fourth-order valence-electron chi connectivity index (χ4n) is 3.46. The Morgan fingerprint density at radius 2 is 2.05 bits per heavy atom. The van der Waals surface area contributed by atoms with Crippen LogP contribution in [0.15, 0.2) is 18.2 Å². The Labute approximate surface area is 125 Å². The molecule has 0 heterocycles. The Hall–Kier alpha value is -1.62. The number of rotatable bonds is 3. The molecule has 0 bridgehead atoms. The van der Waals surface area contributed by atoms with E-state index in [0.717, 1.165) is 0 Å². The normalized spacial score (nSPS) is 26.9. The maximum absolute atomic E-state index is 13.2. The van der Waals surface area contributed by atoms with Crippen LogP contribution in [0.2, 0.25) is 0 Å². The van der Waals surface area contributed by atoms with E-state index in [1.54, 1.807) is 26.2 Å². The fourth-order valence-corrected chi connectivity index (χ4v) is 3.46. The monoisotopic (exact) mass is 294 g/mol. The topological polar surface area (TPSA) is 50.4 Å². The number of nitrogens with one attached hydrogen (secondary N) is 2. The second-order valence-corrected chi connectivity index (χ2v) is 6.38. The van der Waals surface area contributed by atoms with E-state index in [1.165, 1.54) is 6.07 Å². The summed E-state index contributed by atoms with van der Waals surface area (Å²) in [5, 5.41) is 5.72. The van der Waals surface area contributed by atoms with Gasteiger partial charge in [-0.3, -0.25) is 0 Å². The van der Waals surface area contributed by atoms with Crippen LogP contribution in [0.25, 0.3) is 0 Å². The number of aryl methyl sites for hydroxylation is 1. The van der Waals surface area contributed by atoms with Crippen molar-refractivity contribution in [1.29, 1.82) is 0 Å². The molecule has 2 amide bonds. The first-order valence-electron chi connectivity index (χ1n) is 7.14. The molecule has 0 radical (unpaired) electrons. The molecule has 3 atom stereocenters. The van der Waals surface area contributed by atoms with Gasteiger partial charge in [0.2, 0.25) is 0 Å². The predicted octanol–water partition coefficient (Wildman–Crippen LogP) is 3.32. The van der Waals surface area contributed by atoms with E-state index in [1.807, 2.05) is 0 Å². The molecule has 116 valence electrons. The third-order valence-corrected chi connectivity index (χ3v) is 4.49. The molecule has 1 fully saturated rings. The van der Waals surface area contributed by atoms with Crippen LogP contribution in [-0.2, 0) is 4.74 Å². The highest BCUT2D eigenvalue weighted by molar-refractivity contribution is 5.89. The molecule has 1 aliphatic rings. The number of amides is 2. The number of urea groups is 1. The van der Waals surface area contributed by atoms with Crippen molar-refractivity contribution in [1.82, 2.24) is 5.32 Å². The molecule has 0 aromatic heterocycles. The van der Waals surface area contributed by atoms with Gasteiger partial charge in [-0.1, -0.05) is 20.8 Å². The number of halogens is 1. The summed E-state index contributed by atoms with van der Waals surface area (Å²) in [5.74, 6) is -0.0247. The second kappa shape index (κ2) is 5.64. The van der Waals surface area contributed by atoms with Crippen molar-refractivity contribution < 1.29 is 13.9 Å². The summed E-state index contributed by atoms with van der Waals surface area (Å²) in [6, 6.07) is 4.28. The Bertz CT molecular complexity index is 545. The van der Waals surface area contributed by atoms with E-state index in [4.69, 9.17) is 4.74 Å². The van der Waals surface area contributed by atoms with Gasteiger partial charge in [-0.25, -0.2) is 9.18 Å². The summed E-state index contributed by atoms with van der Waals surface area (Å²) in [5.41, 5.74) is 0.980. The molecule has 21 heavy (non-hydrogen) atoms. The van der Waals surface area contributed by atoms with Crippen molar-refractivity contribution in [2.24, 2.45) is 11.3 Å². The number of ether oxygens (including phenoxy) is 1. The van der Waals surface area contributed by atoms with Crippen LogP contribution in [0.1, 0.15) is 26.3 Å². The van der Waals surface area contributed by atoms with Crippen LogP contribution in [-0.4, -0.2) is 25.3 Å². The van der Waals surface area contributed by atoms with Crippen LogP contribution >= 0.6 is 0 Å². The molecule has 4 nitrogen and oxygen atoms in total. The molecule has 1 aromatic carbocycles. The zero-order valence-electron chi connectivity index (χ0n) is 13.2. The largest absolute Gasteiger partial charge is 0.380 e. The first kappa shape index (κ1) is 15.8. The van der Waals surface area contributed by atoms with Gasteiger partial charge in [0.1, 0.15) is 5.82 Å². The predicted molar refractivity (Wildman–Crippen MR) is 80.8 cm³/mol. The van der Waals surface area contributed by atoms with Crippen molar-refractivity contribution in [2.45, 2.75) is 39.8 Å². The van der Waals surface area contributed by atoms with Crippen LogP contribution in [0.3, 0.4) is 0 Å². The van der Waals surface area contributed by atoms with Gasteiger partial charge in [-0.05, 0) is 30.7 Å². The zero-order valence-corrected chi connectivity index (χ0v) is 13.2. The molecule has 0 aliphatic heterocycles. The molecule has 1 aromatic rings. The molecule has 2 rings (SSSR count).